The van der Waals surface area contributed by atoms with Gasteiger partial charge in [-0.05, 0) is 0 Å². The summed E-state index contributed by atoms with van der Waals surface area (Å²) in [7, 11) is 1.56. The molecule has 0 aromatic rings. The molecule has 0 bridgehead atoms. The van der Waals surface area contributed by atoms with Crippen LogP contribution in [0.1, 0.15) is 0 Å². The van der Waals surface area contributed by atoms with Crippen LogP contribution in [-0.2, 0) is 9.53 Å². The number of nitrogens with two attached hydrogens (primary N) is 2. The van der Waals surface area contributed by atoms with Gasteiger partial charge in [0, 0.05) is 7.05 Å². The summed E-state index contributed by atoms with van der Waals surface area (Å²) in [6.45, 7) is 3.19. The van der Waals surface area contributed by atoms with Crippen molar-refractivity contribution in [2.24, 2.45) is 11.6 Å². The summed E-state index contributed by atoms with van der Waals surface area (Å²) < 4.78 is 4.50. The number of hydrogen-bond donors (Lipinski definition) is 2. The molecule has 0 aromatic carbocycles. The Labute approximate surface area is 59.2 Å². The normalized spacial score (nSPS) is 9.50. The van der Waals surface area contributed by atoms with Crippen LogP contribution in [0.25, 0.3) is 0 Å². The molecule has 0 aliphatic carbocycles. The van der Waals surface area contributed by atoms with Crippen LogP contribution in [0.4, 0.5) is 0 Å². The number of hydrazine groups is 1. The highest BCUT2D eigenvalue weighted by atomic mass is 16.5. The molecule has 10 heavy (non-hydrogen) atoms. The van der Waals surface area contributed by atoms with Crippen LogP contribution in [0, 0.1) is 0 Å². The summed E-state index contributed by atoms with van der Waals surface area (Å²) >= 11 is 0. The van der Waals surface area contributed by atoms with E-state index in [2.05, 4.69) is 11.3 Å². The van der Waals surface area contributed by atoms with Crippen LogP contribution in [0.15, 0.2) is 12.3 Å². The number of carbonyl (C=O) groups excluding carboxylic acids is 1. The van der Waals surface area contributed by atoms with E-state index in [1.54, 1.807) is 7.05 Å². The van der Waals surface area contributed by atoms with E-state index in [1.165, 1.54) is 5.01 Å². The van der Waals surface area contributed by atoms with Crippen LogP contribution in [-0.4, -0.2) is 24.8 Å². The Hall–Kier alpha value is -1.07. The quantitative estimate of drug-likeness (QED) is 0.171. The highest BCUT2D eigenvalue weighted by Crippen LogP contribution is 1.84. The van der Waals surface area contributed by atoms with Gasteiger partial charge in [0.2, 0.25) is 0 Å². The van der Waals surface area contributed by atoms with Gasteiger partial charge in [-0.25, -0.2) is 9.80 Å². The van der Waals surface area contributed by atoms with Gasteiger partial charge in [-0.15, -0.1) is 0 Å². The van der Waals surface area contributed by atoms with Gasteiger partial charge in [-0.3, -0.25) is 5.84 Å². The van der Waals surface area contributed by atoms with Gasteiger partial charge < -0.3 is 10.5 Å². The second-order valence-electron chi connectivity index (χ2n) is 1.84. The van der Waals surface area contributed by atoms with E-state index < -0.39 is 5.97 Å². The maximum Gasteiger partial charge on any atom is 0.354 e. The lowest BCUT2D eigenvalue weighted by Crippen LogP contribution is -2.31. The number of ether oxygens (including phenoxy) is 1. The molecule has 0 spiro atoms. The number of hydrogen-bond acceptors (Lipinski definition) is 5. The van der Waals surface area contributed by atoms with Crippen LogP contribution in [0.2, 0.25) is 0 Å². The first-order valence-electron chi connectivity index (χ1n) is 2.61. The van der Waals surface area contributed by atoms with Crippen LogP contribution in [0.3, 0.4) is 0 Å². The fraction of sp³-hybridized carbons (Fsp3) is 0.400. The van der Waals surface area contributed by atoms with Crippen molar-refractivity contribution in [2.75, 3.05) is 13.8 Å². The van der Waals surface area contributed by atoms with E-state index in [1.807, 2.05) is 0 Å². The Bertz CT molecular complexity index is 144. The van der Waals surface area contributed by atoms with E-state index in [9.17, 15) is 4.79 Å². The molecule has 0 unspecified atom stereocenters. The monoisotopic (exact) mass is 145 g/mol. The Balaban J connectivity index is 3.50. The SMILES string of the molecule is C=C(N)C(=O)OCN(C)N. The summed E-state index contributed by atoms with van der Waals surface area (Å²) in [5.74, 6) is 4.49. The number of carbonyl (C=O) groups is 1. The van der Waals surface area contributed by atoms with E-state index in [-0.39, 0.29) is 12.4 Å². The maximum absolute atomic E-state index is 10.5. The molecule has 4 N–H and O–H groups in total. The maximum atomic E-state index is 10.5. The largest absolute Gasteiger partial charge is 0.444 e. The van der Waals surface area contributed by atoms with Gasteiger partial charge in [0.25, 0.3) is 0 Å². The van der Waals surface area contributed by atoms with Crippen molar-refractivity contribution in [3.05, 3.63) is 12.3 Å². The minimum atomic E-state index is -0.641. The lowest BCUT2D eigenvalue weighted by atomic mass is 10.5. The molecule has 0 saturated heterocycles. The molecule has 0 amide bonds. The third-order valence-electron chi connectivity index (χ3n) is 0.661. The highest BCUT2D eigenvalue weighted by molar-refractivity contribution is 5.86. The summed E-state index contributed by atoms with van der Waals surface area (Å²) in [6.07, 6.45) is 0. The molecular formula is C5H11N3O2. The average molecular weight is 145 g/mol. The zero-order valence-corrected chi connectivity index (χ0v) is 5.83. The third-order valence-corrected chi connectivity index (χ3v) is 0.661. The summed E-state index contributed by atoms with van der Waals surface area (Å²) in [6, 6.07) is 0. The zero-order valence-electron chi connectivity index (χ0n) is 5.83. The zero-order chi connectivity index (χ0) is 8.15. The van der Waals surface area contributed by atoms with Gasteiger partial charge in [-0.2, -0.15) is 0 Å². The average Bonchev–Trinajstić information content (AvgIpc) is 1.82. The molecule has 0 aliphatic heterocycles. The van der Waals surface area contributed by atoms with Crippen LogP contribution < -0.4 is 11.6 Å². The molecule has 0 radical (unpaired) electrons. The van der Waals surface area contributed by atoms with Gasteiger partial charge in [0.15, 0.2) is 6.73 Å². The molecular weight excluding hydrogens is 134 g/mol. The highest BCUT2D eigenvalue weighted by Gasteiger charge is 2.02. The van der Waals surface area contributed by atoms with Crippen molar-refractivity contribution in [1.82, 2.24) is 5.01 Å². The van der Waals surface area contributed by atoms with Crippen molar-refractivity contribution >= 4 is 5.97 Å². The summed E-state index contributed by atoms with van der Waals surface area (Å²) in [4.78, 5) is 10.5. The van der Waals surface area contributed by atoms with Crippen molar-refractivity contribution in [3.8, 4) is 0 Å². The van der Waals surface area contributed by atoms with Gasteiger partial charge in [-0.1, -0.05) is 6.58 Å². The second kappa shape index (κ2) is 3.86. The topological polar surface area (TPSA) is 81.6 Å². The number of esters is 1. The van der Waals surface area contributed by atoms with Gasteiger partial charge in [0.05, 0.1) is 0 Å². The van der Waals surface area contributed by atoms with E-state index in [0.717, 1.165) is 0 Å². The van der Waals surface area contributed by atoms with E-state index >= 15 is 0 Å². The molecule has 0 fully saturated rings. The van der Waals surface area contributed by atoms with Crippen molar-refractivity contribution in [2.45, 2.75) is 0 Å². The minimum Gasteiger partial charge on any atom is -0.444 e. The van der Waals surface area contributed by atoms with E-state index in [0.29, 0.717) is 0 Å². The predicted octanol–water partition coefficient (Wildman–Crippen LogP) is -1.23. The summed E-state index contributed by atoms with van der Waals surface area (Å²) in [5, 5.41) is 1.21. The lowest BCUT2D eigenvalue weighted by Gasteiger charge is -2.09. The first-order chi connectivity index (χ1) is 4.54. The van der Waals surface area contributed by atoms with Crippen molar-refractivity contribution in [1.29, 1.82) is 0 Å². The molecule has 0 aromatic heterocycles. The number of rotatable bonds is 3. The molecule has 0 heterocycles. The Kier molecular flexibility index (Phi) is 3.45. The first-order valence-corrected chi connectivity index (χ1v) is 2.61. The predicted molar refractivity (Wildman–Crippen MR) is 36.2 cm³/mol. The fourth-order valence-corrected chi connectivity index (χ4v) is 0.253. The molecule has 0 saturated carbocycles. The van der Waals surface area contributed by atoms with Crippen LogP contribution >= 0.6 is 0 Å². The Morgan fingerprint density at radius 2 is 2.30 bits per heavy atom. The first kappa shape index (κ1) is 8.93. The summed E-state index contributed by atoms with van der Waals surface area (Å²) in [5.41, 5.74) is 4.87. The van der Waals surface area contributed by atoms with Crippen molar-refractivity contribution < 1.29 is 9.53 Å². The lowest BCUT2D eigenvalue weighted by molar-refractivity contribution is -0.143. The van der Waals surface area contributed by atoms with Crippen LogP contribution in [0.5, 0.6) is 0 Å². The smallest absolute Gasteiger partial charge is 0.354 e. The van der Waals surface area contributed by atoms with Gasteiger partial charge in [0.1, 0.15) is 5.70 Å². The van der Waals surface area contributed by atoms with E-state index in [4.69, 9.17) is 11.6 Å². The minimum absolute atomic E-state index is 0.00898. The molecule has 5 nitrogen and oxygen atoms in total. The molecule has 5 heteroatoms. The Morgan fingerprint density at radius 3 is 2.60 bits per heavy atom. The molecule has 0 aliphatic rings. The molecule has 0 rings (SSSR count). The third kappa shape index (κ3) is 3.88. The molecule has 0 atom stereocenters. The Morgan fingerprint density at radius 1 is 1.80 bits per heavy atom. The molecule has 58 valence electrons. The van der Waals surface area contributed by atoms with Crippen molar-refractivity contribution in [3.63, 3.8) is 0 Å². The number of nitrogens with zero attached hydrogens (tertiary/aromatic N) is 1. The fourth-order valence-electron chi connectivity index (χ4n) is 0.253. The second-order valence-corrected chi connectivity index (χ2v) is 1.84. The standard InChI is InChI=1S/C5H11N3O2/c1-4(6)5(9)10-3-8(2)7/h1,3,6-7H2,2H3. The van der Waals surface area contributed by atoms with Gasteiger partial charge >= 0.3 is 5.97 Å².